The number of rotatable bonds is 4. The van der Waals surface area contributed by atoms with Crippen molar-refractivity contribution in [1.29, 1.82) is 0 Å². The first kappa shape index (κ1) is 14.6. The fraction of sp³-hybridized carbons (Fsp3) is 0.133. The van der Waals surface area contributed by atoms with Crippen LogP contribution in [-0.4, -0.2) is 32.5 Å². The van der Waals surface area contributed by atoms with Crippen LogP contribution in [0.3, 0.4) is 0 Å². The van der Waals surface area contributed by atoms with Crippen LogP contribution in [0, 0.1) is 0 Å². The summed E-state index contributed by atoms with van der Waals surface area (Å²) in [6.07, 6.45) is 4.88. The van der Waals surface area contributed by atoms with Crippen molar-refractivity contribution in [3.05, 3.63) is 42.9 Å². The molecule has 3 heterocycles. The maximum atomic E-state index is 11.5. The van der Waals surface area contributed by atoms with Gasteiger partial charge < -0.3 is 10.6 Å². The van der Waals surface area contributed by atoms with Crippen molar-refractivity contribution in [2.75, 3.05) is 17.2 Å². The zero-order valence-electron chi connectivity index (χ0n) is 12.4. The van der Waals surface area contributed by atoms with Gasteiger partial charge in [-0.05, 0) is 31.2 Å². The lowest BCUT2D eigenvalue weighted by Crippen LogP contribution is -2.28. The number of fused-ring (bicyclic) bond motifs is 1. The van der Waals surface area contributed by atoms with Crippen LogP contribution in [0.5, 0.6) is 0 Å². The van der Waals surface area contributed by atoms with Gasteiger partial charge in [0.05, 0.1) is 6.20 Å². The molecule has 0 aliphatic carbocycles. The highest BCUT2D eigenvalue weighted by Crippen LogP contribution is 2.17. The lowest BCUT2D eigenvalue weighted by molar-refractivity contribution is 0.252. The molecule has 3 aromatic heterocycles. The normalized spacial score (nSPS) is 10.3. The lowest BCUT2D eigenvalue weighted by Gasteiger charge is -2.07. The molecule has 0 spiro atoms. The first-order chi connectivity index (χ1) is 11.2. The number of carbonyl (C=O) groups is 1. The van der Waals surface area contributed by atoms with Gasteiger partial charge in [-0.3, -0.25) is 10.3 Å². The molecule has 0 radical (unpaired) electrons. The Morgan fingerprint density at radius 3 is 2.65 bits per heavy atom. The van der Waals surface area contributed by atoms with E-state index in [0.29, 0.717) is 29.3 Å². The van der Waals surface area contributed by atoms with E-state index >= 15 is 0 Å². The number of nitrogens with one attached hydrogen (secondary N) is 3. The van der Waals surface area contributed by atoms with E-state index in [1.807, 2.05) is 31.2 Å². The number of aromatic nitrogens is 4. The largest absolute Gasteiger partial charge is 0.340 e. The van der Waals surface area contributed by atoms with Gasteiger partial charge in [-0.25, -0.2) is 19.7 Å². The van der Waals surface area contributed by atoms with Gasteiger partial charge in [0, 0.05) is 24.6 Å². The van der Waals surface area contributed by atoms with Crippen LogP contribution in [0.1, 0.15) is 6.92 Å². The molecule has 0 saturated heterocycles. The van der Waals surface area contributed by atoms with Crippen LogP contribution in [-0.2, 0) is 0 Å². The predicted molar refractivity (Wildman–Crippen MR) is 87.5 cm³/mol. The van der Waals surface area contributed by atoms with Gasteiger partial charge in [-0.15, -0.1) is 0 Å². The van der Waals surface area contributed by atoms with E-state index in [0.717, 1.165) is 5.69 Å². The van der Waals surface area contributed by atoms with Crippen molar-refractivity contribution >= 4 is 34.5 Å². The van der Waals surface area contributed by atoms with Gasteiger partial charge in [0.1, 0.15) is 11.3 Å². The van der Waals surface area contributed by atoms with E-state index in [9.17, 15) is 4.79 Å². The van der Waals surface area contributed by atoms with E-state index in [1.54, 1.807) is 12.4 Å². The third-order valence-corrected chi connectivity index (χ3v) is 2.94. The fourth-order valence-electron chi connectivity index (χ4n) is 1.93. The monoisotopic (exact) mass is 309 g/mol. The SMILES string of the molecule is CCNC(=O)Nc1cnc2ccc(Nc3ccncc3)nc2n1. The predicted octanol–water partition coefficient (Wildman–Crippen LogP) is 2.30. The third kappa shape index (κ3) is 3.67. The van der Waals surface area contributed by atoms with Crippen LogP contribution in [0.15, 0.2) is 42.9 Å². The second kappa shape index (κ2) is 6.65. The Kier molecular flexibility index (Phi) is 4.23. The number of carbonyl (C=O) groups excluding carboxylic acids is 1. The molecule has 3 N–H and O–H groups in total. The number of hydrogen-bond donors (Lipinski definition) is 3. The highest BCUT2D eigenvalue weighted by molar-refractivity contribution is 5.89. The summed E-state index contributed by atoms with van der Waals surface area (Å²) in [5, 5.41) is 8.40. The quantitative estimate of drug-likeness (QED) is 0.683. The Morgan fingerprint density at radius 1 is 1.09 bits per heavy atom. The van der Waals surface area contributed by atoms with Crippen molar-refractivity contribution < 1.29 is 4.79 Å². The molecule has 23 heavy (non-hydrogen) atoms. The molecular weight excluding hydrogens is 294 g/mol. The summed E-state index contributed by atoms with van der Waals surface area (Å²) < 4.78 is 0. The molecule has 0 bridgehead atoms. The first-order valence-corrected chi connectivity index (χ1v) is 7.10. The number of nitrogens with zero attached hydrogens (tertiary/aromatic N) is 4. The van der Waals surface area contributed by atoms with Gasteiger partial charge >= 0.3 is 6.03 Å². The summed E-state index contributed by atoms with van der Waals surface area (Å²) in [4.78, 5) is 28.4. The minimum atomic E-state index is -0.327. The van der Waals surface area contributed by atoms with Gasteiger partial charge in [0.15, 0.2) is 11.5 Å². The molecule has 0 aliphatic heterocycles. The zero-order chi connectivity index (χ0) is 16.1. The summed E-state index contributed by atoms with van der Waals surface area (Å²) in [5.41, 5.74) is 1.96. The Morgan fingerprint density at radius 2 is 1.87 bits per heavy atom. The average molecular weight is 309 g/mol. The van der Waals surface area contributed by atoms with Crippen molar-refractivity contribution in [2.24, 2.45) is 0 Å². The highest BCUT2D eigenvalue weighted by Gasteiger charge is 2.06. The smallest absolute Gasteiger partial charge is 0.320 e. The minimum absolute atomic E-state index is 0.327. The van der Waals surface area contributed by atoms with E-state index < -0.39 is 0 Å². The molecule has 8 nitrogen and oxygen atoms in total. The average Bonchev–Trinajstić information content (AvgIpc) is 2.56. The number of pyridine rings is 2. The molecule has 0 aliphatic rings. The first-order valence-electron chi connectivity index (χ1n) is 7.10. The second-order valence-electron chi connectivity index (χ2n) is 4.64. The van der Waals surface area contributed by atoms with E-state index in [-0.39, 0.29) is 6.03 Å². The van der Waals surface area contributed by atoms with Crippen LogP contribution in [0.4, 0.5) is 22.1 Å². The maximum Gasteiger partial charge on any atom is 0.320 e. The van der Waals surface area contributed by atoms with Crippen LogP contribution in [0.25, 0.3) is 11.2 Å². The van der Waals surface area contributed by atoms with Crippen molar-refractivity contribution in [3.63, 3.8) is 0 Å². The molecule has 0 saturated carbocycles. The summed E-state index contributed by atoms with van der Waals surface area (Å²) in [6.45, 7) is 2.37. The van der Waals surface area contributed by atoms with Crippen molar-refractivity contribution in [2.45, 2.75) is 6.92 Å². The Labute approximate surface area is 132 Å². The number of anilines is 3. The Balaban J connectivity index is 1.84. The second-order valence-corrected chi connectivity index (χ2v) is 4.64. The standard InChI is InChI=1S/C15H15N7O/c1-2-17-15(23)22-13-9-18-11-3-4-12(20-14(11)21-13)19-10-5-7-16-8-6-10/h3-9H,2H2,1H3,(H3,16,17,19,20,21,22,23). The van der Waals surface area contributed by atoms with Crippen molar-refractivity contribution in [1.82, 2.24) is 25.3 Å². The molecule has 8 heteroatoms. The Hall–Kier alpha value is -3.29. The van der Waals surface area contributed by atoms with Gasteiger partial charge in [-0.2, -0.15) is 0 Å². The number of hydrogen-bond acceptors (Lipinski definition) is 6. The van der Waals surface area contributed by atoms with E-state index in [2.05, 4.69) is 35.9 Å². The lowest BCUT2D eigenvalue weighted by atomic mass is 10.3. The van der Waals surface area contributed by atoms with E-state index in [4.69, 9.17) is 0 Å². The summed E-state index contributed by atoms with van der Waals surface area (Å²) in [5.74, 6) is 0.977. The van der Waals surface area contributed by atoms with Gasteiger partial charge in [0.25, 0.3) is 0 Å². The molecule has 0 atom stereocenters. The molecule has 116 valence electrons. The van der Waals surface area contributed by atoms with Crippen LogP contribution in [0.2, 0.25) is 0 Å². The minimum Gasteiger partial charge on any atom is -0.340 e. The van der Waals surface area contributed by atoms with Crippen molar-refractivity contribution in [3.8, 4) is 0 Å². The van der Waals surface area contributed by atoms with E-state index in [1.165, 1.54) is 6.20 Å². The van der Waals surface area contributed by atoms with Crippen LogP contribution < -0.4 is 16.0 Å². The third-order valence-electron chi connectivity index (χ3n) is 2.94. The summed E-state index contributed by atoms with van der Waals surface area (Å²) >= 11 is 0. The highest BCUT2D eigenvalue weighted by atomic mass is 16.2. The molecular formula is C15H15N7O. The van der Waals surface area contributed by atoms with Gasteiger partial charge in [0.2, 0.25) is 0 Å². The zero-order valence-corrected chi connectivity index (χ0v) is 12.4. The summed E-state index contributed by atoms with van der Waals surface area (Å²) in [6, 6.07) is 6.98. The van der Waals surface area contributed by atoms with Gasteiger partial charge in [-0.1, -0.05) is 0 Å². The molecule has 0 fully saturated rings. The molecule has 3 rings (SSSR count). The molecule has 3 aromatic rings. The number of urea groups is 1. The molecule has 0 aromatic carbocycles. The van der Waals surface area contributed by atoms with Crippen LogP contribution >= 0.6 is 0 Å². The maximum absolute atomic E-state index is 11.5. The number of amides is 2. The topological polar surface area (TPSA) is 105 Å². The summed E-state index contributed by atoms with van der Waals surface area (Å²) in [7, 11) is 0. The fourth-order valence-corrected chi connectivity index (χ4v) is 1.93. The Bertz CT molecular complexity index is 822. The molecule has 0 unspecified atom stereocenters. The molecule has 2 amide bonds.